The Morgan fingerprint density at radius 3 is 2.17 bits per heavy atom. The summed E-state index contributed by atoms with van der Waals surface area (Å²) in [7, 11) is 1.36. The van der Waals surface area contributed by atoms with Crippen molar-refractivity contribution in [3.8, 4) is 11.1 Å². The summed E-state index contributed by atoms with van der Waals surface area (Å²) in [6.45, 7) is 4.04. The van der Waals surface area contributed by atoms with Gasteiger partial charge >= 0.3 is 12.1 Å². The minimum absolute atomic E-state index is 0.0422. The van der Waals surface area contributed by atoms with Crippen LogP contribution in [0.2, 0.25) is 0 Å². The van der Waals surface area contributed by atoms with Crippen molar-refractivity contribution in [3.05, 3.63) is 71.3 Å². The molecule has 0 saturated carbocycles. The predicted octanol–water partition coefficient (Wildman–Crippen LogP) is 3.86. The molecule has 3 rings (SSSR count). The fraction of sp³-hybridized carbons (Fsp3) is 0.370. The Balaban J connectivity index is 1.49. The molecule has 186 valence electrons. The molecular weight excluding hydrogens is 448 g/mol. The molecule has 0 spiro atoms. The Bertz CT molecular complexity index is 1050. The van der Waals surface area contributed by atoms with Crippen molar-refractivity contribution in [2.45, 2.75) is 44.8 Å². The van der Waals surface area contributed by atoms with Crippen LogP contribution >= 0.6 is 0 Å². The number of hydrogen-bond donors (Lipinski definition) is 3. The molecule has 2 atom stereocenters. The number of carboxylic acids is 1. The van der Waals surface area contributed by atoms with Gasteiger partial charge in [0.25, 0.3) is 0 Å². The Kier molecular flexibility index (Phi) is 9.03. The summed E-state index contributed by atoms with van der Waals surface area (Å²) in [6.07, 6.45) is 0.602. The monoisotopic (exact) mass is 480 g/mol. The Hall–Kier alpha value is -3.65. The van der Waals surface area contributed by atoms with Crippen LogP contribution in [0.1, 0.15) is 43.7 Å². The van der Waals surface area contributed by atoms with Gasteiger partial charge in [-0.1, -0.05) is 60.2 Å². The summed E-state index contributed by atoms with van der Waals surface area (Å²) < 4.78 is 10.7. The first kappa shape index (κ1) is 26.0. The highest BCUT2D eigenvalue weighted by Crippen LogP contribution is 2.44. The molecule has 2 amide bonds. The molecule has 2 aromatic rings. The first-order valence-electron chi connectivity index (χ1n) is 11.6. The number of nitrogens with one attached hydrogen (secondary N) is 2. The quantitative estimate of drug-likeness (QED) is 0.421. The second-order valence-corrected chi connectivity index (χ2v) is 8.68. The van der Waals surface area contributed by atoms with Gasteiger partial charge < -0.3 is 25.2 Å². The molecule has 8 heteroatoms. The number of carboxylic acid groups (broad SMARTS) is 1. The van der Waals surface area contributed by atoms with Crippen molar-refractivity contribution in [3.63, 3.8) is 0 Å². The molecular formula is C27H32N2O6. The lowest BCUT2D eigenvalue weighted by Gasteiger charge is -2.19. The van der Waals surface area contributed by atoms with Gasteiger partial charge in [0.2, 0.25) is 5.91 Å². The summed E-state index contributed by atoms with van der Waals surface area (Å²) in [5.74, 6) is -1.71. The van der Waals surface area contributed by atoms with Crippen LogP contribution in [0, 0.1) is 0 Å². The summed E-state index contributed by atoms with van der Waals surface area (Å²) in [6, 6.07) is 15.1. The largest absolute Gasteiger partial charge is 0.480 e. The zero-order valence-electron chi connectivity index (χ0n) is 20.2. The highest BCUT2D eigenvalue weighted by atomic mass is 16.5. The third-order valence-electron chi connectivity index (χ3n) is 5.97. The molecule has 0 aliphatic heterocycles. The van der Waals surface area contributed by atoms with Crippen molar-refractivity contribution in [1.29, 1.82) is 0 Å². The maximum atomic E-state index is 12.5. The van der Waals surface area contributed by atoms with Crippen molar-refractivity contribution >= 4 is 18.0 Å². The minimum atomic E-state index is -1.12. The van der Waals surface area contributed by atoms with Gasteiger partial charge in [0.05, 0.1) is 0 Å². The van der Waals surface area contributed by atoms with E-state index < -0.39 is 30.1 Å². The van der Waals surface area contributed by atoms with Crippen LogP contribution in [0.15, 0.2) is 60.2 Å². The maximum Gasteiger partial charge on any atom is 0.407 e. The highest BCUT2D eigenvalue weighted by molar-refractivity contribution is 5.86. The van der Waals surface area contributed by atoms with Crippen LogP contribution in [-0.2, 0) is 19.1 Å². The topological polar surface area (TPSA) is 114 Å². The van der Waals surface area contributed by atoms with Crippen LogP contribution in [0.5, 0.6) is 0 Å². The number of aliphatic carboxylic acids is 1. The molecule has 2 unspecified atom stereocenters. The summed E-state index contributed by atoms with van der Waals surface area (Å²) in [5, 5.41) is 14.5. The third-order valence-corrected chi connectivity index (χ3v) is 5.97. The number of hydrogen-bond acceptors (Lipinski definition) is 5. The number of benzene rings is 2. The average molecular weight is 481 g/mol. The predicted molar refractivity (Wildman–Crippen MR) is 132 cm³/mol. The molecule has 1 aliphatic rings. The molecule has 8 nitrogen and oxygen atoms in total. The molecule has 0 heterocycles. The van der Waals surface area contributed by atoms with Gasteiger partial charge in [-0.3, -0.25) is 4.79 Å². The van der Waals surface area contributed by atoms with Gasteiger partial charge in [-0.05, 0) is 42.5 Å². The lowest BCUT2D eigenvalue weighted by atomic mass is 9.98. The molecule has 0 saturated heterocycles. The second kappa shape index (κ2) is 12.2. The zero-order chi connectivity index (χ0) is 25.4. The minimum Gasteiger partial charge on any atom is -0.480 e. The average Bonchev–Trinajstić information content (AvgIpc) is 3.16. The smallest absolute Gasteiger partial charge is 0.407 e. The number of alkyl carbamates (subject to hydrolysis) is 1. The Morgan fingerprint density at radius 2 is 1.63 bits per heavy atom. The van der Waals surface area contributed by atoms with E-state index in [4.69, 9.17) is 9.47 Å². The number of carbonyl (C=O) groups is 3. The number of fused-ring (bicyclic) bond motifs is 3. The van der Waals surface area contributed by atoms with Gasteiger partial charge in [0.15, 0.2) is 0 Å². The zero-order valence-corrected chi connectivity index (χ0v) is 20.2. The maximum absolute atomic E-state index is 12.5. The number of ether oxygens (including phenoxy) is 2. The van der Waals surface area contributed by atoms with E-state index in [1.54, 1.807) is 6.08 Å². The summed E-state index contributed by atoms with van der Waals surface area (Å²) in [5.41, 5.74) is 5.50. The van der Waals surface area contributed by atoms with Crippen molar-refractivity contribution in [2.24, 2.45) is 0 Å². The van der Waals surface area contributed by atoms with Gasteiger partial charge in [0.1, 0.15) is 18.8 Å². The Morgan fingerprint density at radius 1 is 1.03 bits per heavy atom. The van der Waals surface area contributed by atoms with E-state index >= 15 is 0 Å². The summed E-state index contributed by atoms with van der Waals surface area (Å²) in [4.78, 5) is 36.2. The number of methoxy groups -OCH3 is 1. The van der Waals surface area contributed by atoms with Crippen LogP contribution in [0.25, 0.3) is 11.1 Å². The van der Waals surface area contributed by atoms with E-state index in [2.05, 4.69) is 22.8 Å². The lowest BCUT2D eigenvalue weighted by molar-refractivity contribution is -0.143. The van der Waals surface area contributed by atoms with Crippen LogP contribution in [0.4, 0.5) is 4.79 Å². The number of amides is 2. The molecule has 2 aromatic carbocycles. The number of allylic oxidation sites excluding steroid dienone is 1. The standard InChI is InChI=1S/C27H32N2O6/c1-17(2)12-13-23(26(31)32)29-25(30)24(34-3)14-15-28-27(33)35-16-22-20-10-6-4-8-18(20)19-9-5-7-11-21(19)22/h4-12,22-24H,13-16H2,1-3H3,(H,28,33)(H,29,30)(H,31,32). The SMILES string of the molecule is COC(CCNC(=O)OCC1c2ccccc2-c2ccccc21)C(=O)NC(CC=C(C)C)C(=O)O. The fourth-order valence-electron chi connectivity index (χ4n) is 4.15. The first-order valence-corrected chi connectivity index (χ1v) is 11.6. The molecule has 35 heavy (non-hydrogen) atoms. The Labute approximate surface area is 205 Å². The van der Waals surface area contributed by atoms with Gasteiger partial charge in [0, 0.05) is 26.0 Å². The number of rotatable bonds is 11. The molecule has 0 bridgehead atoms. The summed E-state index contributed by atoms with van der Waals surface area (Å²) >= 11 is 0. The van der Waals surface area contributed by atoms with Crippen LogP contribution in [-0.4, -0.2) is 55.5 Å². The van der Waals surface area contributed by atoms with E-state index in [0.717, 1.165) is 27.8 Å². The second-order valence-electron chi connectivity index (χ2n) is 8.68. The lowest BCUT2D eigenvalue weighted by Crippen LogP contribution is -2.46. The van der Waals surface area contributed by atoms with Crippen LogP contribution < -0.4 is 10.6 Å². The number of carbonyl (C=O) groups excluding carboxylic acids is 2. The normalized spacial score (nSPS) is 13.7. The van der Waals surface area contributed by atoms with Crippen molar-refractivity contribution in [1.82, 2.24) is 10.6 Å². The highest BCUT2D eigenvalue weighted by Gasteiger charge is 2.29. The third kappa shape index (κ3) is 6.70. The molecule has 3 N–H and O–H groups in total. The van der Waals surface area contributed by atoms with E-state index in [9.17, 15) is 19.5 Å². The molecule has 1 aliphatic carbocycles. The van der Waals surface area contributed by atoms with Crippen molar-refractivity contribution in [2.75, 3.05) is 20.3 Å². The molecule has 0 radical (unpaired) electrons. The van der Waals surface area contributed by atoms with E-state index in [1.807, 2.05) is 50.2 Å². The van der Waals surface area contributed by atoms with E-state index in [-0.39, 0.29) is 31.9 Å². The molecule has 0 fully saturated rings. The van der Waals surface area contributed by atoms with E-state index in [1.165, 1.54) is 7.11 Å². The molecule has 0 aromatic heterocycles. The van der Waals surface area contributed by atoms with Gasteiger partial charge in [-0.15, -0.1) is 0 Å². The fourth-order valence-corrected chi connectivity index (χ4v) is 4.15. The van der Waals surface area contributed by atoms with Gasteiger partial charge in [-0.25, -0.2) is 9.59 Å². The van der Waals surface area contributed by atoms with Crippen molar-refractivity contribution < 1.29 is 29.0 Å². The first-order chi connectivity index (χ1) is 16.8. The van der Waals surface area contributed by atoms with Gasteiger partial charge in [-0.2, -0.15) is 0 Å². The van der Waals surface area contributed by atoms with Crippen LogP contribution in [0.3, 0.4) is 0 Å². The van der Waals surface area contributed by atoms with E-state index in [0.29, 0.717) is 0 Å².